The third kappa shape index (κ3) is 5.48. The number of nitrogens with zero attached hydrogens (tertiary/aromatic N) is 3. The largest absolute Gasteiger partial charge is 0.357 e. The lowest BCUT2D eigenvalue weighted by Crippen LogP contribution is -2.40. The van der Waals surface area contributed by atoms with Crippen LogP contribution < -0.4 is 10.6 Å². The Morgan fingerprint density at radius 1 is 1.33 bits per heavy atom. The summed E-state index contributed by atoms with van der Waals surface area (Å²) in [5.74, 6) is 0.937. The lowest BCUT2D eigenvalue weighted by molar-refractivity contribution is 0.139. The van der Waals surface area contributed by atoms with Crippen LogP contribution in [0.15, 0.2) is 23.7 Å². The van der Waals surface area contributed by atoms with E-state index in [9.17, 15) is 0 Å². The molecule has 0 spiro atoms. The van der Waals surface area contributed by atoms with Crippen molar-refractivity contribution in [2.24, 2.45) is 10.4 Å². The van der Waals surface area contributed by atoms with Crippen molar-refractivity contribution in [1.29, 1.82) is 0 Å². The Kier molecular flexibility index (Phi) is 8.06. The van der Waals surface area contributed by atoms with Gasteiger partial charge in [0.05, 0.1) is 6.33 Å². The minimum absolute atomic E-state index is 0. The number of halogens is 1. The Bertz CT molecular complexity index is 406. The maximum Gasteiger partial charge on any atom is 0.191 e. The van der Waals surface area contributed by atoms with E-state index in [2.05, 4.69) is 34.0 Å². The van der Waals surface area contributed by atoms with Gasteiger partial charge in [-0.1, -0.05) is 13.3 Å². The van der Waals surface area contributed by atoms with Crippen LogP contribution in [0.1, 0.15) is 39.5 Å². The van der Waals surface area contributed by atoms with E-state index in [-0.39, 0.29) is 24.0 Å². The zero-order valence-electron chi connectivity index (χ0n) is 13.1. The number of aromatic nitrogens is 2. The lowest BCUT2D eigenvalue weighted by Gasteiger charge is -2.40. The van der Waals surface area contributed by atoms with Crippen molar-refractivity contribution in [3.63, 3.8) is 0 Å². The van der Waals surface area contributed by atoms with Gasteiger partial charge in [0.2, 0.25) is 0 Å². The SMILES string of the molecule is CCNC(=NCC1(CC)CCC1)NCCn1ccnc1.I. The third-order valence-electron chi connectivity index (χ3n) is 4.30. The molecule has 21 heavy (non-hydrogen) atoms. The van der Waals surface area contributed by atoms with E-state index in [1.807, 2.05) is 12.5 Å². The Hall–Kier alpha value is -0.790. The van der Waals surface area contributed by atoms with E-state index in [0.29, 0.717) is 5.41 Å². The average molecular weight is 405 g/mol. The second kappa shape index (κ2) is 9.27. The van der Waals surface area contributed by atoms with Crippen molar-refractivity contribution in [2.45, 2.75) is 46.1 Å². The Labute approximate surface area is 145 Å². The van der Waals surface area contributed by atoms with Gasteiger partial charge in [0.1, 0.15) is 0 Å². The summed E-state index contributed by atoms with van der Waals surface area (Å²) in [6, 6.07) is 0. The fourth-order valence-corrected chi connectivity index (χ4v) is 2.61. The molecule has 2 rings (SSSR count). The number of guanidine groups is 1. The van der Waals surface area contributed by atoms with Crippen LogP contribution in [0.2, 0.25) is 0 Å². The zero-order chi connectivity index (χ0) is 14.3. The summed E-state index contributed by atoms with van der Waals surface area (Å²) in [6.45, 7) is 8.00. The maximum absolute atomic E-state index is 4.77. The van der Waals surface area contributed by atoms with Crippen molar-refractivity contribution >= 4 is 29.9 Å². The molecule has 5 nitrogen and oxygen atoms in total. The van der Waals surface area contributed by atoms with Crippen LogP contribution in [0.4, 0.5) is 0 Å². The third-order valence-corrected chi connectivity index (χ3v) is 4.30. The van der Waals surface area contributed by atoms with E-state index in [4.69, 9.17) is 4.99 Å². The molecular formula is C15H28IN5. The first kappa shape index (κ1) is 18.3. The summed E-state index contributed by atoms with van der Waals surface area (Å²) in [6.07, 6.45) is 10.9. The summed E-state index contributed by atoms with van der Waals surface area (Å²) in [7, 11) is 0. The van der Waals surface area contributed by atoms with Gasteiger partial charge < -0.3 is 15.2 Å². The van der Waals surface area contributed by atoms with Gasteiger partial charge >= 0.3 is 0 Å². The van der Waals surface area contributed by atoms with Gasteiger partial charge in [-0.15, -0.1) is 24.0 Å². The number of aliphatic imine (C=N–C) groups is 1. The predicted octanol–water partition coefficient (Wildman–Crippen LogP) is 2.64. The monoisotopic (exact) mass is 405 g/mol. The van der Waals surface area contributed by atoms with Crippen molar-refractivity contribution in [1.82, 2.24) is 20.2 Å². The maximum atomic E-state index is 4.77. The normalized spacial score (nSPS) is 16.8. The van der Waals surface area contributed by atoms with Crippen LogP contribution in [0.3, 0.4) is 0 Å². The summed E-state index contributed by atoms with van der Waals surface area (Å²) >= 11 is 0. The lowest BCUT2D eigenvalue weighted by atomic mass is 9.67. The van der Waals surface area contributed by atoms with Gasteiger partial charge in [-0.2, -0.15) is 0 Å². The van der Waals surface area contributed by atoms with Crippen molar-refractivity contribution in [3.8, 4) is 0 Å². The molecule has 1 fully saturated rings. The highest BCUT2D eigenvalue weighted by Crippen LogP contribution is 2.43. The average Bonchev–Trinajstić information content (AvgIpc) is 2.91. The molecule has 0 amide bonds. The number of imidazole rings is 1. The zero-order valence-corrected chi connectivity index (χ0v) is 15.5. The van der Waals surface area contributed by atoms with Crippen LogP contribution in [0.5, 0.6) is 0 Å². The standard InChI is InChI=1S/C15H27N5.HI/c1-3-15(6-5-7-15)12-19-14(17-4-2)18-9-11-20-10-8-16-13-20;/h8,10,13H,3-7,9,11-12H2,1-2H3,(H2,17,18,19);1H. The minimum Gasteiger partial charge on any atom is -0.357 e. The molecule has 0 bridgehead atoms. The van der Waals surface area contributed by atoms with E-state index >= 15 is 0 Å². The molecule has 1 aliphatic carbocycles. The first-order chi connectivity index (χ1) is 9.78. The molecule has 1 heterocycles. The summed E-state index contributed by atoms with van der Waals surface area (Å²) in [5, 5.41) is 6.72. The van der Waals surface area contributed by atoms with Crippen LogP contribution in [0.25, 0.3) is 0 Å². The smallest absolute Gasteiger partial charge is 0.191 e. The summed E-state index contributed by atoms with van der Waals surface area (Å²) < 4.78 is 2.07. The van der Waals surface area contributed by atoms with E-state index in [0.717, 1.165) is 32.1 Å². The van der Waals surface area contributed by atoms with Crippen LogP contribution in [-0.4, -0.2) is 35.1 Å². The van der Waals surface area contributed by atoms with Gasteiger partial charge in [-0.3, -0.25) is 4.99 Å². The molecule has 0 atom stereocenters. The number of nitrogens with one attached hydrogen (secondary N) is 2. The molecule has 1 aliphatic rings. The van der Waals surface area contributed by atoms with Gasteiger partial charge in [0.15, 0.2) is 5.96 Å². The van der Waals surface area contributed by atoms with Gasteiger partial charge in [-0.05, 0) is 31.6 Å². The van der Waals surface area contributed by atoms with Gasteiger partial charge in [0, 0.05) is 38.6 Å². The second-order valence-corrected chi connectivity index (χ2v) is 5.63. The van der Waals surface area contributed by atoms with E-state index < -0.39 is 0 Å². The molecule has 0 aromatic carbocycles. The highest BCUT2D eigenvalue weighted by atomic mass is 127. The van der Waals surface area contributed by atoms with Crippen molar-refractivity contribution < 1.29 is 0 Å². The highest BCUT2D eigenvalue weighted by Gasteiger charge is 2.34. The van der Waals surface area contributed by atoms with Crippen LogP contribution in [-0.2, 0) is 6.54 Å². The van der Waals surface area contributed by atoms with E-state index in [1.165, 1.54) is 25.7 Å². The number of rotatable bonds is 7. The number of hydrogen-bond acceptors (Lipinski definition) is 2. The Balaban J connectivity index is 0.00000220. The fourth-order valence-electron chi connectivity index (χ4n) is 2.61. The van der Waals surface area contributed by atoms with Crippen molar-refractivity contribution in [2.75, 3.05) is 19.6 Å². The first-order valence-electron chi connectivity index (χ1n) is 7.76. The van der Waals surface area contributed by atoms with Gasteiger partial charge in [-0.25, -0.2) is 4.98 Å². The Morgan fingerprint density at radius 2 is 2.14 bits per heavy atom. The van der Waals surface area contributed by atoms with Crippen LogP contribution >= 0.6 is 24.0 Å². The summed E-state index contributed by atoms with van der Waals surface area (Å²) in [4.78, 5) is 8.81. The highest BCUT2D eigenvalue weighted by molar-refractivity contribution is 14.0. The molecule has 0 aliphatic heterocycles. The topological polar surface area (TPSA) is 54.2 Å². The number of hydrogen-bond donors (Lipinski definition) is 2. The van der Waals surface area contributed by atoms with Gasteiger partial charge in [0.25, 0.3) is 0 Å². The molecule has 0 radical (unpaired) electrons. The molecular weight excluding hydrogens is 377 g/mol. The molecule has 1 saturated carbocycles. The van der Waals surface area contributed by atoms with Crippen molar-refractivity contribution in [3.05, 3.63) is 18.7 Å². The quantitative estimate of drug-likeness (QED) is 0.417. The molecule has 1 aromatic heterocycles. The Morgan fingerprint density at radius 3 is 2.67 bits per heavy atom. The molecule has 6 heteroatoms. The first-order valence-corrected chi connectivity index (χ1v) is 7.76. The molecule has 0 saturated heterocycles. The van der Waals surface area contributed by atoms with Crippen LogP contribution in [0, 0.1) is 5.41 Å². The summed E-state index contributed by atoms with van der Waals surface area (Å²) in [5.41, 5.74) is 0.479. The molecule has 120 valence electrons. The molecule has 1 aromatic rings. The van der Waals surface area contributed by atoms with E-state index in [1.54, 1.807) is 6.20 Å². The minimum atomic E-state index is 0. The predicted molar refractivity (Wildman–Crippen MR) is 98.2 cm³/mol. The molecule has 2 N–H and O–H groups in total. The second-order valence-electron chi connectivity index (χ2n) is 5.63. The fraction of sp³-hybridized carbons (Fsp3) is 0.733. The molecule has 0 unspecified atom stereocenters.